The average molecular weight is 477 g/mol. The lowest BCUT2D eigenvalue weighted by Crippen LogP contribution is -2.16. The van der Waals surface area contributed by atoms with E-state index in [1.54, 1.807) is 0 Å². The maximum absolute atomic E-state index is 14.9. The first-order valence-electron chi connectivity index (χ1n) is 12.3. The Bertz CT molecular complexity index is 1320. The van der Waals surface area contributed by atoms with Crippen LogP contribution in [0.15, 0.2) is 132 Å². The summed E-state index contributed by atoms with van der Waals surface area (Å²) in [5.41, 5.74) is 6.08. The first kappa shape index (κ1) is 24.7. The molecule has 1 aliphatic carbocycles. The lowest BCUT2D eigenvalue weighted by molar-refractivity contribution is 0.591. The monoisotopic (exact) mass is 476 g/mol. The molecule has 4 rings (SSSR count). The SMILES string of the molecule is CC/C(=C\C=C(C)C)c1cccc(C2=CCC=CC(P(=O)(c3ccccc3)c3ccccc3)=C2)c1. The Kier molecular flexibility index (Phi) is 8.01. The van der Waals surface area contributed by atoms with Crippen LogP contribution in [-0.2, 0) is 4.57 Å². The van der Waals surface area contributed by atoms with Gasteiger partial charge in [-0.2, -0.15) is 0 Å². The Balaban J connectivity index is 1.82. The number of benzene rings is 3. The molecule has 3 aromatic carbocycles. The maximum atomic E-state index is 14.9. The summed E-state index contributed by atoms with van der Waals surface area (Å²) < 4.78 is 14.9. The molecule has 35 heavy (non-hydrogen) atoms. The van der Waals surface area contributed by atoms with Crippen molar-refractivity contribution in [3.05, 3.63) is 143 Å². The summed E-state index contributed by atoms with van der Waals surface area (Å²) in [4.78, 5) is 0. The van der Waals surface area contributed by atoms with Gasteiger partial charge < -0.3 is 4.57 Å². The summed E-state index contributed by atoms with van der Waals surface area (Å²) in [5, 5.41) is 2.57. The fraction of sp³-hybridized carbons (Fsp3) is 0.152. The van der Waals surface area contributed by atoms with Crippen molar-refractivity contribution in [1.29, 1.82) is 0 Å². The molecule has 0 radical (unpaired) electrons. The molecule has 0 spiro atoms. The second kappa shape index (κ2) is 11.3. The molecule has 0 saturated carbocycles. The van der Waals surface area contributed by atoms with Crippen molar-refractivity contribution >= 4 is 28.9 Å². The first-order chi connectivity index (χ1) is 17.0. The molecule has 0 unspecified atom stereocenters. The van der Waals surface area contributed by atoms with Crippen molar-refractivity contribution in [3.63, 3.8) is 0 Å². The second-order valence-electron chi connectivity index (χ2n) is 9.02. The van der Waals surface area contributed by atoms with Gasteiger partial charge in [0.2, 0.25) is 0 Å². The summed E-state index contributed by atoms with van der Waals surface area (Å²) in [5.74, 6) is 0. The predicted octanol–water partition coefficient (Wildman–Crippen LogP) is 8.69. The summed E-state index contributed by atoms with van der Waals surface area (Å²) in [7, 11) is -3.03. The Morgan fingerprint density at radius 2 is 1.51 bits per heavy atom. The Morgan fingerprint density at radius 1 is 0.857 bits per heavy atom. The van der Waals surface area contributed by atoms with Gasteiger partial charge in [0.1, 0.15) is 0 Å². The molecule has 0 aliphatic heterocycles. The van der Waals surface area contributed by atoms with Crippen LogP contribution >= 0.6 is 7.14 Å². The van der Waals surface area contributed by atoms with Crippen LogP contribution in [0.5, 0.6) is 0 Å². The Labute approximate surface area is 210 Å². The smallest absolute Gasteiger partial charge is 0.171 e. The highest BCUT2D eigenvalue weighted by atomic mass is 31.2. The highest BCUT2D eigenvalue weighted by Crippen LogP contribution is 2.53. The third-order valence-corrected chi connectivity index (χ3v) is 9.29. The van der Waals surface area contributed by atoms with E-state index in [1.165, 1.54) is 16.7 Å². The fourth-order valence-electron chi connectivity index (χ4n) is 4.35. The van der Waals surface area contributed by atoms with E-state index in [2.05, 4.69) is 81.5 Å². The van der Waals surface area contributed by atoms with Gasteiger partial charge >= 0.3 is 0 Å². The van der Waals surface area contributed by atoms with Crippen molar-refractivity contribution in [2.24, 2.45) is 0 Å². The molecular formula is C33H33OP. The first-order valence-corrected chi connectivity index (χ1v) is 14.0. The molecule has 0 amide bonds. The van der Waals surface area contributed by atoms with Crippen molar-refractivity contribution in [2.75, 3.05) is 0 Å². The quantitative estimate of drug-likeness (QED) is 0.246. The van der Waals surface area contributed by atoms with Crippen molar-refractivity contribution in [1.82, 2.24) is 0 Å². The third kappa shape index (κ3) is 5.64. The molecular weight excluding hydrogens is 443 g/mol. The summed E-state index contributed by atoms with van der Waals surface area (Å²) in [6.45, 7) is 6.43. The van der Waals surface area contributed by atoms with E-state index in [9.17, 15) is 4.57 Å². The Morgan fingerprint density at radius 3 is 2.11 bits per heavy atom. The van der Waals surface area contributed by atoms with Crippen LogP contribution in [0.4, 0.5) is 0 Å². The van der Waals surface area contributed by atoms with Gasteiger partial charge in [-0.1, -0.05) is 122 Å². The molecule has 0 aromatic heterocycles. The van der Waals surface area contributed by atoms with Gasteiger partial charge in [0.05, 0.1) is 0 Å². The molecule has 176 valence electrons. The van der Waals surface area contributed by atoms with Crippen LogP contribution in [0.2, 0.25) is 0 Å². The van der Waals surface area contributed by atoms with E-state index in [0.717, 1.165) is 39.9 Å². The zero-order chi connectivity index (χ0) is 24.7. The van der Waals surface area contributed by atoms with E-state index in [0.29, 0.717) is 0 Å². The fourth-order valence-corrected chi connectivity index (χ4v) is 7.07. The van der Waals surface area contributed by atoms with E-state index in [-0.39, 0.29) is 0 Å². The van der Waals surface area contributed by atoms with Crippen molar-refractivity contribution in [2.45, 2.75) is 33.6 Å². The van der Waals surface area contributed by atoms with Crippen LogP contribution in [0, 0.1) is 0 Å². The highest BCUT2D eigenvalue weighted by Gasteiger charge is 2.31. The minimum absolute atomic E-state index is 0.803. The molecule has 0 atom stereocenters. The number of rotatable bonds is 7. The third-order valence-electron chi connectivity index (χ3n) is 6.23. The lowest BCUT2D eigenvalue weighted by Gasteiger charge is -2.21. The summed E-state index contributed by atoms with van der Waals surface area (Å²) >= 11 is 0. The second-order valence-corrected chi connectivity index (χ2v) is 11.8. The molecule has 0 N–H and O–H groups in total. The number of allylic oxidation sites excluding steroid dienone is 10. The van der Waals surface area contributed by atoms with Crippen LogP contribution in [0.1, 0.15) is 44.7 Å². The van der Waals surface area contributed by atoms with Crippen LogP contribution in [0.25, 0.3) is 11.1 Å². The van der Waals surface area contributed by atoms with Gasteiger partial charge in [0.25, 0.3) is 0 Å². The molecule has 0 saturated heterocycles. The van der Waals surface area contributed by atoms with Gasteiger partial charge in [-0.15, -0.1) is 0 Å². The molecule has 2 heteroatoms. The van der Waals surface area contributed by atoms with Crippen LogP contribution < -0.4 is 10.6 Å². The van der Waals surface area contributed by atoms with Crippen molar-refractivity contribution < 1.29 is 4.57 Å². The zero-order valence-electron chi connectivity index (χ0n) is 20.8. The van der Waals surface area contributed by atoms with Crippen LogP contribution in [0.3, 0.4) is 0 Å². The zero-order valence-corrected chi connectivity index (χ0v) is 21.7. The number of hydrogen-bond acceptors (Lipinski definition) is 1. The molecule has 0 bridgehead atoms. The predicted molar refractivity (Wildman–Crippen MR) is 154 cm³/mol. The van der Waals surface area contributed by atoms with Crippen molar-refractivity contribution in [3.8, 4) is 0 Å². The normalized spacial score (nSPS) is 14.1. The van der Waals surface area contributed by atoms with E-state index in [4.69, 9.17) is 0 Å². The van der Waals surface area contributed by atoms with Crippen LogP contribution in [-0.4, -0.2) is 0 Å². The average Bonchev–Trinajstić information content (AvgIpc) is 3.16. The summed E-state index contributed by atoms with van der Waals surface area (Å²) in [6.07, 6.45) is 14.7. The topological polar surface area (TPSA) is 17.1 Å². The summed E-state index contributed by atoms with van der Waals surface area (Å²) in [6, 6.07) is 28.5. The van der Waals surface area contributed by atoms with Gasteiger partial charge in [-0.05, 0) is 61.1 Å². The minimum atomic E-state index is -3.03. The van der Waals surface area contributed by atoms with Gasteiger partial charge in [-0.3, -0.25) is 0 Å². The van der Waals surface area contributed by atoms with E-state index >= 15 is 0 Å². The standard InChI is InChI=1S/C33H33OP/c1-4-27(23-22-26(2)3)28-15-13-16-29(24-28)30-14-11-12-21-33(25-30)35(34,31-17-7-5-8-18-31)32-19-9-6-10-20-32/h5-10,12-25H,4,11H2,1-3H3/b27-23+. The highest BCUT2D eigenvalue weighted by molar-refractivity contribution is 7.82. The Hall–Kier alpha value is -3.41. The molecule has 3 aromatic rings. The lowest BCUT2D eigenvalue weighted by atomic mass is 9.96. The number of hydrogen-bond donors (Lipinski definition) is 0. The molecule has 0 fully saturated rings. The molecule has 1 nitrogen and oxygen atoms in total. The van der Waals surface area contributed by atoms with Gasteiger partial charge in [-0.25, -0.2) is 0 Å². The molecule has 1 aliphatic rings. The van der Waals surface area contributed by atoms with E-state index < -0.39 is 7.14 Å². The molecule has 0 heterocycles. The van der Waals surface area contributed by atoms with Gasteiger partial charge in [0, 0.05) is 15.9 Å². The van der Waals surface area contributed by atoms with E-state index in [1.807, 2.05) is 60.7 Å². The maximum Gasteiger partial charge on any atom is 0.171 e. The van der Waals surface area contributed by atoms with Gasteiger partial charge in [0.15, 0.2) is 7.14 Å². The largest absolute Gasteiger partial charge is 0.309 e. The minimum Gasteiger partial charge on any atom is -0.309 e.